The average molecular weight is 315 g/mol. The lowest BCUT2D eigenvalue weighted by Gasteiger charge is -2.23. The minimum absolute atomic E-state index is 0.102. The van der Waals surface area contributed by atoms with Gasteiger partial charge in [0.1, 0.15) is 0 Å². The first-order chi connectivity index (χ1) is 11.0. The van der Waals surface area contributed by atoms with Crippen LogP contribution < -0.4 is 0 Å². The molecule has 1 aromatic heterocycles. The van der Waals surface area contributed by atoms with Crippen molar-refractivity contribution in [1.29, 1.82) is 0 Å². The molecule has 1 amide bonds. The van der Waals surface area contributed by atoms with E-state index in [1.807, 2.05) is 60.8 Å². The fourth-order valence-electron chi connectivity index (χ4n) is 2.63. The number of hydrogen-bond donors (Lipinski definition) is 0. The highest BCUT2D eigenvalue weighted by molar-refractivity contribution is 5.79. The topological polar surface area (TPSA) is 47.4 Å². The summed E-state index contributed by atoms with van der Waals surface area (Å²) in [5.41, 5.74) is 4.11. The van der Waals surface area contributed by atoms with Gasteiger partial charge in [-0.25, -0.2) is 0 Å². The van der Waals surface area contributed by atoms with Crippen molar-refractivity contribution in [1.82, 2.24) is 14.7 Å². The fourth-order valence-corrected chi connectivity index (χ4v) is 2.63. The normalized spacial score (nSPS) is 10.8. The van der Waals surface area contributed by atoms with Crippen LogP contribution in [0.2, 0.25) is 0 Å². The van der Waals surface area contributed by atoms with Gasteiger partial charge >= 0.3 is 0 Å². The number of benzene rings is 1. The van der Waals surface area contributed by atoms with Gasteiger partial charge in [-0.1, -0.05) is 30.3 Å². The van der Waals surface area contributed by atoms with Gasteiger partial charge in [-0.05, 0) is 19.4 Å². The van der Waals surface area contributed by atoms with Crippen LogP contribution in [-0.2, 0) is 29.5 Å². The van der Waals surface area contributed by atoms with Crippen LogP contribution in [0, 0.1) is 13.8 Å². The average Bonchev–Trinajstić information content (AvgIpc) is 2.78. The Balaban J connectivity index is 2.12. The highest BCUT2D eigenvalue weighted by atomic mass is 16.5. The predicted octanol–water partition coefficient (Wildman–Crippen LogP) is 2.25. The molecule has 0 radical (unpaired) electrons. The molecule has 0 unspecified atom stereocenters. The summed E-state index contributed by atoms with van der Waals surface area (Å²) in [6.07, 6.45) is 0.377. The summed E-state index contributed by atoms with van der Waals surface area (Å²) in [5, 5.41) is 4.39. The van der Waals surface area contributed by atoms with Crippen molar-refractivity contribution < 1.29 is 9.53 Å². The standard InChI is InChI=1S/C18H25N3O2/c1-14-17(15(2)20(3)19-14)12-18(22)21(10-11-23-4)13-16-8-6-5-7-9-16/h5-9H,10-13H2,1-4H3. The summed E-state index contributed by atoms with van der Waals surface area (Å²) in [6.45, 7) is 5.67. The second-order valence-electron chi connectivity index (χ2n) is 5.74. The number of nitrogens with zero attached hydrogens (tertiary/aromatic N) is 3. The fraction of sp³-hybridized carbons (Fsp3) is 0.444. The van der Waals surface area contributed by atoms with Crippen LogP contribution in [0.5, 0.6) is 0 Å². The molecule has 0 bridgehead atoms. The summed E-state index contributed by atoms with van der Waals surface area (Å²) >= 11 is 0. The van der Waals surface area contributed by atoms with Crippen molar-refractivity contribution in [2.45, 2.75) is 26.8 Å². The van der Waals surface area contributed by atoms with E-state index in [-0.39, 0.29) is 5.91 Å². The number of hydrogen-bond acceptors (Lipinski definition) is 3. The van der Waals surface area contributed by atoms with Crippen molar-refractivity contribution in [3.8, 4) is 0 Å². The number of carbonyl (C=O) groups is 1. The molecule has 0 saturated carbocycles. The van der Waals surface area contributed by atoms with Gasteiger partial charge in [0, 0.05) is 38.5 Å². The van der Waals surface area contributed by atoms with Gasteiger partial charge < -0.3 is 9.64 Å². The Kier molecular flexibility index (Phi) is 5.93. The van der Waals surface area contributed by atoms with Crippen LogP contribution >= 0.6 is 0 Å². The van der Waals surface area contributed by atoms with Crippen LogP contribution in [0.25, 0.3) is 0 Å². The molecule has 0 atom stereocenters. The molecule has 2 aromatic rings. The Morgan fingerprint density at radius 1 is 1.26 bits per heavy atom. The van der Waals surface area contributed by atoms with Crippen LogP contribution in [0.1, 0.15) is 22.5 Å². The van der Waals surface area contributed by atoms with Gasteiger partial charge in [-0.15, -0.1) is 0 Å². The van der Waals surface area contributed by atoms with E-state index >= 15 is 0 Å². The molecule has 5 nitrogen and oxygen atoms in total. The van der Waals surface area contributed by atoms with Gasteiger partial charge in [-0.3, -0.25) is 9.48 Å². The molecule has 0 aliphatic heterocycles. The first-order valence-electron chi connectivity index (χ1n) is 7.82. The molecule has 0 aliphatic rings. The summed E-state index contributed by atoms with van der Waals surface area (Å²) in [5.74, 6) is 0.102. The van der Waals surface area contributed by atoms with E-state index in [4.69, 9.17) is 4.74 Å². The summed E-state index contributed by atoms with van der Waals surface area (Å²) in [7, 11) is 3.56. The maximum atomic E-state index is 12.8. The number of aryl methyl sites for hydroxylation is 2. The minimum Gasteiger partial charge on any atom is -0.383 e. The Morgan fingerprint density at radius 2 is 1.96 bits per heavy atom. The van der Waals surface area contributed by atoms with E-state index in [2.05, 4.69) is 5.10 Å². The van der Waals surface area contributed by atoms with E-state index in [9.17, 15) is 4.79 Å². The third-order valence-corrected chi connectivity index (χ3v) is 4.12. The molecule has 5 heteroatoms. The zero-order valence-electron chi connectivity index (χ0n) is 14.4. The second kappa shape index (κ2) is 7.92. The molecule has 0 N–H and O–H groups in total. The van der Waals surface area contributed by atoms with Gasteiger partial charge in [0.2, 0.25) is 5.91 Å². The lowest BCUT2D eigenvalue weighted by molar-refractivity contribution is -0.131. The van der Waals surface area contributed by atoms with Crippen molar-refractivity contribution in [3.05, 3.63) is 52.8 Å². The Hall–Kier alpha value is -2.14. The number of ether oxygens (including phenoxy) is 1. The molecule has 1 heterocycles. The third-order valence-electron chi connectivity index (χ3n) is 4.12. The monoisotopic (exact) mass is 315 g/mol. The molecule has 23 heavy (non-hydrogen) atoms. The molecule has 0 fully saturated rings. The summed E-state index contributed by atoms with van der Waals surface area (Å²) in [4.78, 5) is 14.6. The largest absolute Gasteiger partial charge is 0.383 e. The van der Waals surface area contributed by atoms with Crippen LogP contribution in [0.3, 0.4) is 0 Å². The lowest BCUT2D eigenvalue weighted by Crippen LogP contribution is -2.34. The Bertz CT molecular complexity index is 650. The highest BCUT2D eigenvalue weighted by Crippen LogP contribution is 2.15. The van der Waals surface area contributed by atoms with E-state index < -0.39 is 0 Å². The van der Waals surface area contributed by atoms with Crippen LogP contribution in [0.4, 0.5) is 0 Å². The van der Waals surface area contributed by atoms with Gasteiger partial charge in [0.15, 0.2) is 0 Å². The Morgan fingerprint density at radius 3 is 2.52 bits per heavy atom. The van der Waals surface area contributed by atoms with Crippen molar-refractivity contribution >= 4 is 5.91 Å². The number of amides is 1. The highest BCUT2D eigenvalue weighted by Gasteiger charge is 2.18. The quantitative estimate of drug-likeness (QED) is 0.787. The molecule has 124 valence electrons. The molecular weight excluding hydrogens is 290 g/mol. The van der Waals surface area contributed by atoms with Crippen molar-refractivity contribution in [2.24, 2.45) is 7.05 Å². The minimum atomic E-state index is 0.102. The smallest absolute Gasteiger partial charge is 0.227 e. The Labute approximate surface area is 137 Å². The molecule has 0 aliphatic carbocycles. The number of rotatable bonds is 7. The van der Waals surface area contributed by atoms with Gasteiger partial charge in [-0.2, -0.15) is 5.10 Å². The molecule has 0 saturated heterocycles. The predicted molar refractivity (Wildman–Crippen MR) is 90.1 cm³/mol. The number of aromatic nitrogens is 2. The molecule has 2 rings (SSSR count). The number of carbonyl (C=O) groups excluding carboxylic acids is 1. The summed E-state index contributed by atoms with van der Waals surface area (Å²) in [6, 6.07) is 10.0. The SMILES string of the molecule is COCCN(Cc1ccccc1)C(=O)Cc1c(C)nn(C)c1C. The van der Waals surface area contributed by atoms with Crippen molar-refractivity contribution in [3.63, 3.8) is 0 Å². The zero-order valence-corrected chi connectivity index (χ0v) is 14.4. The zero-order chi connectivity index (χ0) is 16.8. The van der Waals surface area contributed by atoms with Crippen LogP contribution in [0.15, 0.2) is 30.3 Å². The first-order valence-corrected chi connectivity index (χ1v) is 7.82. The molecule has 1 aromatic carbocycles. The van der Waals surface area contributed by atoms with E-state index in [0.717, 1.165) is 22.5 Å². The van der Waals surface area contributed by atoms with Gasteiger partial charge in [0.05, 0.1) is 18.7 Å². The maximum absolute atomic E-state index is 12.8. The van der Waals surface area contributed by atoms with Crippen molar-refractivity contribution in [2.75, 3.05) is 20.3 Å². The number of methoxy groups -OCH3 is 1. The van der Waals surface area contributed by atoms with Crippen LogP contribution in [-0.4, -0.2) is 40.8 Å². The molecule has 0 spiro atoms. The van der Waals surface area contributed by atoms with E-state index in [1.165, 1.54) is 0 Å². The summed E-state index contributed by atoms with van der Waals surface area (Å²) < 4.78 is 6.98. The van der Waals surface area contributed by atoms with E-state index in [1.54, 1.807) is 7.11 Å². The lowest BCUT2D eigenvalue weighted by atomic mass is 10.1. The first kappa shape index (κ1) is 17.2. The van der Waals surface area contributed by atoms with Gasteiger partial charge in [0.25, 0.3) is 0 Å². The maximum Gasteiger partial charge on any atom is 0.227 e. The third kappa shape index (κ3) is 4.42. The molecular formula is C18H25N3O2. The second-order valence-corrected chi connectivity index (χ2v) is 5.74. The van der Waals surface area contributed by atoms with E-state index in [0.29, 0.717) is 26.1 Å².